The molecule has 0 aromatic heterocycles. The minimum absolute atomic E-state index is 0.0933. The van der Waals surface area contributed by atoms with Crippen LogP contribution in [0.3, 0.4) is 0 Å². The van der Waals surface area contributed by atoms with Gasteiger partial charge in [-0.1, -0.05) is 0 Å². The Hall–Kier alpha value is -0.220. The smallest absolute Gasteiger partial charge is 0.220 e. The molecule has 1 aliphatic rings. The summed E-state index contributed by atoms with van der Waals surface area (Å²) < 4.78 is 5.55. The average Bonchev–Trinajstić information content (AvgIpc) is 2.20. The SMILES string of the molecule is O=C(CCS)NCCC1CCCCO1. The van der Waals surface area contributed by atoms with E-state index < -0.39 is 0 Å². The Balaban J connectivity index is 1.99. The van der Waals surface area contributed by atoms with Crippen LogP contribution in [0.25, 0.3) is 0 Å². The highest BCUT2D eigenvalue weighted by Gasteiger charge is 2.13. The molecule has 0 aliphatic carbocycles. The number of ether oxygens (including phenoxy) is 1. The predicted octanol–water partition coefficient (Wildman–Crippen LogP) is 1.38. The zero-order valence-electron chi connectivity index (χ0n) is 8.50. The van der Waals surface area contributed by atoms with Gasteiger partial charge in [-0.3, -0.25) is 4.79 Å². The maximum absolute atomic E-state index is 11.1. The van der Waals surface area contributed by atoms with Crippen LogP contribution in [0.15, 0.2) is 0 Å². The first-order valence-corrected chi connectivity index (χ1v) is 5.95. The highest BCUT2D eigenvalue weighted by Crippen LogP contribution is 2.14. The number of thiol groups is 1. The lowest BCUT2D eigenvalue weighted by Crippen LogP contribution is -2.29. The number of hydrogen-bond donors (Lipinski definition) is 2. The van der Waals surface area contributed by atoms with Gasteiger partial charge in [0.15, 0.2) is 0 Å². The Morgan fingerprint density at radius 3 is 3.00 bits per heavy atom. The van der Waals surface area contributed by atoms with Gasteiger partial charge >= 0.3 is 0 Å². The Labute approximate surface area is 91.0 Å². The van der Waals surface area contributed by atoms with Crippen LogP contribution in [0.1, 0.15) is 32.1 Å². The van der Waals surface area contributed by atoms with E-state index in [1.54, 1.807) is 0 Å². The van der Waals surface area contributed by atoms with Gasteiger partial charge in [-0.2, -0.15) is 12.6 Å². The molecule has 1 unspecified atom stereocenters. The lowest BCUT2D eigenvalue weighted by molar-refractivity contribution is -0.120. The van der Waals surface area contributed by atoms with Gasteiger partial charge in [0, 0.05) is 19.6 Å². The first-order chi connectivity index (χ1) is 6.83. The molecule has 1 saturated heterocycles. The molecule has 1 aliphatic heterocycles. The molecule has 1 rings (SSSR count). The van der Waals surface area contributed by atoms with Crippen molar-refractivity contribution in [2.75, 3.05) is 18.9 Å². The number of carbonyl (C=O) groups is 1. The van der Waals surface area contributed by atoms with E-state index in [1.807, 2.05) is 0 Å². The molecule has 3 nitrogen and oxygen atoms in total. The molecule has 1 amide bonds. The first-order valence-electron chi connectivity index (χ1n) is 5.32. The van der Waals surface area contributed by atoms with Crippen LogP contribution in [-0.4, -0.2) is 30.9 Å². The molecule has 0 radical (unpaired) electrons. The largest absolute Gasteiger partial charge is 0.378 e. The first kappa shape index (κ1) is 11.9. The third-order valence-electron chi connectivity index (χ3n) is 2.40. The molecule has 1 heterocycles. The zero-order chi connectivity index (χ0) is 10.2. The zero-order valence-corrected chi connectivity index (χ0v) is 9.39. The minimum Gasteiger partial charge on any atom is -0.378 e. The maximum Gasteiger partial charge on any atom is 0.220 e. The van der Waals surface area contributed by atoms with Gasteiger partial charge in [-0.25, -0.2) is 0 Å². The van der Waals surface area contributed by atoms with Crippen molar-refractivity contribution in [2.45, 2.75) is 38.2 Å². The summed E-state index contributed by atoms with van der Waals surface area (Å²) in [6, 6.07) is 0. The monoisotopic (exact) mass is 217 g/mol. The van der Waals surface area contributed by atoms with Crippen LogP contribution in [0.4, 0.5) is 0 Å². The second kappa shape index (κ2) is 7.12. The molecule has 1 fully saturated rings. The third-order valence-corrected chi connectivity index (χ3v) is 2.62. The van der Waals surface area contributed by atoms with E-state index in [0.29, 0.717) is 18.3 Å². The molecule has 0 aromatic rings. The van der Waals surface area contributed by atoms with E-state index in [0.717, 1.165) is 26.0 Å². The van der Waals surface area contributed by atoms with E-state index in [4.69, 9.17) is 4.74 Å². The number of nitrogens with one attached hydrogen (secondary N) is 1. The summed E-state index contributed by atoms with van der Waals surface area (Å²) in [6.45, 7) is 1.62. The molecule has 0 aromatic carbocycles. The van der Waals surface area contributed by atoms with Crippen molar-refractivity contribution in [1.29, 1.82) is 0 Å². The Morgan fingerprint density at radius 2 is 2.36 bits per heavy atom. The van der Waals surface area contributed by atoms with Gasteiger partial charge < -0.3 is 10.1 Å². The van der Waals surface area contributed by atoms with Crippen molar-refractivity contribution in [3.8, 4) is 0 Å². The normalized spacial score (nSPS) is 21.9. The molecule has 1 atom stereocenters. The lowest BCUT2D eigenvalue weighted by atomic mass is 10.1. The van der Waals surface area contributed by atoms with E-state index in [-0.39, 0.29) is 5.91 Å². The summed E-state index contributed by atoms with van der Waals surface area (Å²) in [4.78, 5) is 11.1. The number of hydrogen-bond acceptors (Lipinski definition) is 3. The van der Waals surface area contributed by atoms with Gasteiger partial charge in [0.2, 0.25) is 5.91 Å². The molecular formula is C10H19NO2S. The summed E-state index contributed by atoms with van der Waals surface area (Å²) >= 11 is 4.00. The Bertz CT molecular complexity index is 170. The third kappa shape index (κ3) is 4.86. The molecule has 1 N–H and O–H groups in total. The number of rotatable bonds is 5. The van der Waals surface area contributed by atoms with Crippen LogP contribution in [0.5, 0.6) is 0 Å². The summed E-state index contributed by atoms with van der Waals surface area (Å²) in [5, 5.41) is 2.86. The van der Waals surface area contributed by atoms with Crippen LogP contribution in [0, 0.1) is 0 Å². The van der Waals surface area contributed by atoms with Crippen LogP contribution < -0.4 is 5.32 Å². The fraction of sp³-hybridized carbons (Fsp3) is 0.900. The van der Waals surface area contributed by atoms with Gasteiger partial charge in [0.25, 0.3) is 0 Å². The van der Waals surface area contributed by atoms with E-state index >= 15 is 0 Å². The Morgan fingerprint density at radius 1 is 1.50 bits per heavy atom. The molecule has 0 saturated carbocycles. The second-order valence-corrected chi connectivity index (χ2v) is 4.05. The number of carbonyl (C=O) groups excluding carboxylic acids is 1. The standard InChI is InChI=1S/C10H19NO2S/c12-10(5-8-14)11-6-4-9-3-1-2-7-13-9/h9,14H,1-8H2,(H,11,12). The second-order valence-electron chi connectivity index (χ2n) is 3.60. The van der Waals surface area contributed by atoms with E-state index in [2.05, 4.69) is 17.9 Å². The van der Waals surface area contributed by atoms with Crippen molar-refractivity contribution < 1.29 is 9.53 Å². The van der Waals surface area contributed by atoms with Gasteiger partial charge in [-0.15, -0.1) is 0 Å². The molecular weight excluding hydrogens is 198 g/mol. The molecule has 4 heteroatoms. The Kier molecular flexibility index (Phi) is 6.03. The molecule has 0 bridgehead atoms. The molecule has 14 heavy (non-hydrogen) atoms. The fourth-order valence-electron chi connectivity index (χ4n) is 1.60. The van der Waals surface area contributed by atoms with Crippen molar-refractivity contribution in [3.05, 3.63) is 0 Å². The van der Waals surface area contributed by atoms with Crippen molar-refractivity contribution >= 4 is 18.5 Å². The van der Waals surface area contributed by atoms with Crippen LogP contribution in [-0.2, 0) is 9.53 Å². The summed E-state index contributed by atoms with van der Waals surface area (Å²) in [7, 11) is 0. The van der Waals surface area contributed by atoms with Crippen molar-refractivity contribution in [2.24, 2.45) is 0 Å². The highest BCUT2D eigenvalue weighted by molar-refractivity contribution is 7.80. The van der Waals surface area contributed by atoms with E-state index in [1.165, 1.54) is 12.8 Å². The van der Waals surface area contributed by atoms with E-state index in [9.17, 15) is 4.79 Å². The molecule has 0 spiro atoms. The number of amides is 1. The van der Waals surface area contributed by atoms with Crippen LogP contribution in [0.2, 0.25) is 0 Å². The maximum atomic E-state index is 11.1. The highest BCUT2D eigenvalue weighted by atomic mass is 32.1. The summed E-state index contributed by atoms with van der Waals surface area (Å²) in [5.41, 5.74) is 0. The van der Waals surface area contributed by atoms with Gasteiger partial charge in [0.05, 0.1) is 6.10 Å². The van der Waals surface area contributed by atoms with Crippen LogP contribution >= 0.6 is 12.6 Å². The quantitative estimate of drug-likeness (QED) is 0.683. The summed E-state index contributed by atoms with van der Waals surface area (Å²) in [5.74, 6) is 0.710. The average molecular weight is 217 g/mol. The lowest BCUT2D eigenvalue weighted by Gasteiger charge is -2.22. The van der Waals surface area contributed by atoms with Crippen molar-refractivity contribution in [1.82, 2.24) is 5.32 Å². The van der Waals surface area contributed by atoms with Gasteiger partial charge in [0.1, 0.15) is 0 Å². The predicted molar refractivity (Wildman–Crippen MR) is 59.7 cm³/mol. The van der Waals surface area contributed by atoms with Crippen molar-refractivity contribution in [3.63, 3.8) is 0 Å². The molecule has 82 valence electrons. The summed E-state index contributed by atoms with van der Waals surface area (Å²) in [6.07, 6.45) is 5.40. The van der Waals surface area contributed by atoms with Gasteiger partial charge in [-0.05, 0) is 31.4 Å². The topological polar surface area (TPSA) is 38.3 Å². The minimum atomic E-state index is 0.0933. The fourth-order valence-corrected chi connectivity index (χ4v) is 1.80.